The van der Waals surface area contributed by atoms with Crippen molar-refractivity contribution in [3.8, 4) is 11.5 Å². The van der Waals surface area contributed by atoms with Crippen molar-refractivity contribution in [1.82, 2.24) is 0 Å². The van der Waals surface area contributed by atoms with E-state index in [-0.39, 0.29) is 20.6 Å². The molecule has 4 aromatic carbocycles. The second-order valence-corrected chi connectivity index (χ2v) is 13.5. The lowest BCUT2D eigenvalue weighted by Crippen LogP contribution is -2.14. The van der Waals surface area contributed by atoms with E-state index in [9.17, 15) is 39.5 Å². The number of phenols is 1. The zero-order chi connectivity index (χ0) is 30.3. The van der Waals surface area contributed by atoms with E-state index in [2.05, 4.69) is 15.0 Å². The standard InChI is InChI=1S/C23H17Cl2N3O10S3/c1-38-14-3-5-15(6-4-14)39(30,31)28-19-11-16(40(32,33)34)8-12-9-20(41(35,36)37)22(23(29)21(12)19)27-26-18-10-13(24)2-7-17(18)25/h2-11,28-29H,1H3,(H,32,33,34)(H,35,36,37)/b27-26-. The maximum absolute atomic E-state index is 13.2. The van der Waals surface area contributed by atoms with Crippen molar-refractivity contribution in [2.75, 3.05) is 11.8 Å². The molecule has 216 valence electrons. The number of nitrogens with zero attached hydrogens (tertiary/aromatic N) is 2. The minimum atomic E-state index is -5.15. The van der Waals surface area contributed by atoms with Gasteiger partial charge in [-0.15, -0.1) is 10.2 Å². The van der Waals surface area contributed by atoms with E-state index >= 15 is 0 Å². The summed E-state index contributed by atoms with van der Waals surface area (Å²) >= 11 is 12.0. The molecule has 0 spiro atoms. The van der Waals surface area contributed by atoms with Crippen molar-refractivity contribution in [3.05, 3.63) is 70.7 Å². The molecule has 0 aliphatic rings. The Hall–Kier alpha value is -3.51. The highest BCUT2D eigenvalue weighted by molar-refractivity contribution is 7.92. The van der Waals surface area contributed by atoms with Crippen LogP contribution in [0.15, 0.2) is 85.6 Å². The van der Waals surface area contributed by atoms with Gasteiger partial charge in [0, 0.05) is 5.02 Å². The van der Waals surface area contributed by atoms with Gasteiger partial charge in [0.2, 0.25) is 0 Å². The van der Waals surface area contributed by atoms with Gasteiger partial charge in [0.15, 0.2) is 5.75 Å². The molecule has 13 nitrogen and oxygen atoms in total. The van der Waals surface area contributed by atoms with Crippen molar-refractivity contribution in [1.29, 1.82) is 0 Å². The van der Waals surface area contributed by atoms with E-state index in [1.807, 2.05) is 0 Å². The molecular formula is C23H17Cl2N3O10S3. The fourth-order valence-electron chi connectivity index (χ4n) is 3.61. The van der Waals surface area contributed by atoms with Crippen LogP contribution >= 0.6 is 23.2 Å². The van der Waals surface area contributed by atoms with Crippen LogP contribution in [0.1, 0.15) is 0 Å². The van der Waals surface area contributed by atoms with E-state index in [1.165, 1.54) is 49.6 Å². The van der Waals surface area contributed by atoms with Crippen LogP contribution in [-0.4, -0.2) is 46.6 Å². The SMILES string of the molecule is COc1ccc(S(=O)(=O)Nc2cc(S(=O)(=O)O)cc3cc(S(=O)(=O)O)c(/N=N\c4cc(Cl)ccc4Cl)c(O)c23)cc1. The molecule has 4 aromatic rings. The molecule has 4 rings (SSSR count). The van der Waals surface area contributed by atoms with E-state index in [4.69, 9.17) is 27.9 Å². The van der Waals surface area contributed by atoms with Crippen LogP contribution in [0.2, 0.25) is 10.0 Å². The van der Waals surface area contributed by atoms with Gasteiger partial charge in [0.25, 0.3) is 30.3 Å². The molecule has 0 atom stereocenters. The van der Waals surface area contributed by atoms with Gasteiger partial charge in [-0.3, -0.25) is 13.8 Å². The van der Waals surface area contributed by atoms with Crippen LogP contribution in [0.4, 0.5) is 17.1 Å². The highest BCUT2D eigenvalue weighted by Crippen LogP contribution is 2.46. The number of phenolic OH excluding ortho intramolecular Hbond substituents is 1. The molecule has 0 amide bonds. The first-order chi connectivity index (χ1) is 19.0. The molecule has 0 unspecified atom stereocenters. The minimum Gasteiger partial charge on any atom is -0.505 e. The number of rotatable bonds is 8. The maximum Gasteiger partial charge on any atom is 0.296 e. The first-order valence-corrected chi connectivity index (χ1v) is 16.0. The van der Waals surface area contributed by atoms with Crippen LogP contribution in [-0.2, 0) is 30.3 Å². The Labute approximate surface area is 243 Å². The number of fused-ring (bicyclic) bond motifs is 1. The normalized spacial score (nSPS) is 12.6. The number of azo groups is 1. The van der Waals surface area contributed by atoms with Crippen molar-refractivity contribution in [3.63, 3.8) is 0 Å². The highest BCUT2D eigenvalue weighted by Gasteiger charge is 2.27. The monoisotopic (exact) mass is 661 g/mol. The Balaban J connectivity index is 2.02. The molecule has 41 heavy (non-hydrogen) atoms. The van der Waals surface area contributed by atoms with Gasteiger partial charge < -0.3 is 9.84 Å². The average Bonchev–Trinajstić information content (AvgIpc) is 2.88. The third-order valence-electron chi connectivity index (χ3n) is 5.48. The predicted molar refractivity (Wildman–Crippen MR) is 150 cm³/mol. The number of halogens is 2. The molecule has 0 fully saturated rings. The quantitative estimate of drug-likeness (QED) is 0.136. The maximum atomic E-state index is 13.2. The number of hydrogen-bond acceptors (Lipinski definition) is 10. The summed E-state index contributed by atoms with van der Waals surface area (Å²) in [6.07, 6.45) is 0. The zero-order valence-corrected chi connectivity index (χ0v) is 24.3. The second kappa shape index (κ2) is 11.1. The fourth-order valence-corrected chi connectivity index (χ4v) is 6.19. The van der Waals surface area contributed by atoms with Gasteiger partial charge in [-0.25, -0.2) is 8.42 Å². The van der Waals surface area contributed by atoms with Gasteiger partial charge in [-0.1, -0.05) is 23.2 Å². The number of aromatic hydroxyl groups is 1. The van der Waals surface area contributed by atoms with Gasteiger partial charge in [-0.05, 0) is 66.0 Å². The molecule has 18 heteroatoms. The number of ether oxygens (including phenoxy) is 1. The third kappa shape index (κ3) is 6.54. The summed E-state index contributed by atoms with van der Waals surface area (Å²) < 4.78 is 101. The summed E-state index contributed by atoms with van der Waals surface area (Å²) in [5.41, 5.74) is -1.50. The van der Waals surface area contributed by atoms with Gasteiger partial charge >= 0.3 is 0 Å². The van der Waals surface area contributed by atoms with Crippen LogP contribution in [0.3, 0.4) is 0 Å². The predicted octanol–water partition coefficient (Wildman–Crippen LogP) is 5.57. The average molecular weight is 663 g/mol. The van der Waals surface area contributed by atoms with E-state index in [0.29, 0.717) is 17.9 Å². The largest absolute Gasteiger partial charge is 0.505 e. The number of sulfonamides is 1. The Morgan fingerprint density at radius 1 is 0.805 bits per heavy atom. The van der Waals surface area contributed by atoms with Crippen LogP contribution in [0, 0.1) is 0 Å². The summed E-state index contributed by atoms with van der Waals surface area (Å²) in [5, 5.41) is 18.0. The van der Waals surface area contributed by atoms with E-state index in [1.54, 1.807) is 0 Å². The lowest BCUT2D eigenvalue weighted by molar-refractivity contribution is 0.414. The van der Waals surface area contributed by atoms with Crippen LogP contribution in [0.5, 0.6) is 11.5 Å². The molecule has 0 saturated carbocycles. The summed E-state index contributed by atoms with van der Waals surface area (Å²) in [5.74, 6) is -0.681. The number of hydrogen-bond donors (Lipinski definition) is 4. The lowest BCUT2D eigenvalue weighted by Gasteiger charge is -2.16. The number of benzene rings is 4. The highest BCUT2D eigenvalue weighted by atomic mass is 35.5. The van der Waals surface area contributed by atoms with Crippen molar-refractivity contribution < 1.29 is 44.2 Å². The second-order valence-electron chi connectivity index (χ2n) is 8.17. The molecule has 0 aromatic heterocycles. The zero-order valence-electron chi connectivity index (χ0n) is 20.3. The van der Waals surface area contributed by atoms with Crippen LogP contribution in [0.25, 0.3) is 10.8 Å². The number of anilines is 1. The van der Waals surface area contributed by atoms with E-state index in [0.717, 1.165) is 6.07 Å². The van der Waals surface area contributed by atoms with E-state index < -0.39 is 67.9 Å². The minimum absolute atomic E-state index is 0.0394. The Morgan fingerprint density at radius 3 is 2.05 bits per heavy atom. The van der Waals surface area contributed by atoms with Crippen molar-refractivity contribution >= 4 is 81.3 Å². The van der Waals surface area contributed by atoms with Gasteiger partial charge in [0.1, 0.15) is 22.0 Å². The van der Waals surface area contributed by atoms with Gasteiger partial charge in [0.05, 0.1) is 33.0 Å². The molecule has 0 bridgehead atoms. The Morgan fingerprint density at radius 2 is 1.46 bits per heavy atom. The summed E-state index contributed by atoms with van der Waals surface area (Å²) in [7, 11) is -13.2. The van der Waals surface area contributed by atoms with Crippen molar-refractivity contribution in [2.24, 2.45) is 10.2 Å². The third-order valence-corrected chi connectivity index (χ3v) is 9.11. The number of nitrogens with one attached hydrogen (secondary N) is 1. The molecule has 4 N–H and O–H groups in total. The molecule has 0 aliphatic heterocycles. The smallest absolute Gasteiger partial charge is 0.296 e. The molecule has 0 heterocycles. The Kier molecular flexibility index (Phi) is 8.21. The molecular weight excluding hydrogens is 645 g/mol. The van der Waals surface area contributed by atoms with Crippen LogP contribution < -0.4 is 9.46 Å². The topological polar surface area (TPSA) is 209 Å². The van der Waals surface area contributed by atoms with Gasteiger partial charge in [-0.2, -0.15) is 16.8 Å². The molecule has 0 saturated heterocycles. The van der Waals surface area contributed by atoms with Crippen molar-refractivity contribution in [2.45, 2.75) is 14.7 Å². The Bertz CT molecular complexity index is 2050. The first kappa shape index (κ1) is 30.4. The first-order valence-electron chi connectivity index (χ1n) is 10.8. The molecule has 0 aliphatic carbocycles. The molecule has 0 radical (unpaired) electrons. The number of methoxy groups -OCH3 is 1. The fraction of sp³-hybridized carbons (Fsp3) is 0.0435. The lowest BCUT2D eigenvalue weighted by atomic mass is 10.1. The summed E-state index contributed by atoms with van der Waals surface area (Å²) in [6, 6.07) is 11.3. The summed E-state index contributed by atoms with van der Waals surface area (Å²) in [6.45, 7) is 0. The summed E-state index contributed by atoms with van der Waals surface area (Å²) in [4.78, 5) is -2.19.